The number of benzene rings is 1. The van der Waals surface area contributed by atoms with E-state index in [0.717, 1.165) is 12.1 Å². The molecule has 0 unspecified atom stereocenters. The summed E-state index contributed by atoms with van der Waals surface area (Å²) in [6, 6.07) is 7.17. The lowest BCUT2D eigenvalue weighted by Gasteiger charge is -2.18. The van der Waals surface area contributed by atoms with Gasteiger partial charge in [-0.1, -0.05) is 58.9 Å². The zero-order valence-corrected chi connectivity index (χ0v) is 15.0. The van der Waals surface area contributed by atoms with Crippen LogP contribution in [0, 0.1) is 5.92 Å². The van der Waals surface area contributed by atoms with Gasteiger partial charge in [-0.25, -0.2) is 4.98 Å². The first-order chi connectivity index (χ1) is 11.2. The van der Waals surface area contributed by atoms with E-state index in [1.165, 1.54) is 0 Å². The van der Waals surface area contributed by atoms with Crippen molar-refractivity contribution in [2.24, 2.45) is 5.92 Å². The van der Waals surface area contributed by atoms with Crippen LogP contribution in [0.15, 0.2) is 36.7 Å². The van der Waals surface area contributed by atoms with Gasteiger partial charge in [-0.05, 0) is 16.9 Å². The molecule has 5 heteroatoms. The summed E-state index contributed by atoms with van der Waals surface area (Å²) < 4.78 is 1.83. The van der Waals surface area contributed by atoms with Crippen molar-refractivity contribution in [1.82, 2.24) is 9.55 Å². The highest BCUT2D eigenvalue weighted by atomic mass is 16.2. The van der Waals surface area contributed by atoms with Crippen LogP contribution in [0.2, 0.25) is 0 Å². The van der Waals surface area contributed by atoms with Gasteiger partial charge in [0.05, 0.1) is 0 Å². The van der Waals surface area contributed by atoms with Gasteiger partial charge in [-0.15, -0.1) is 0 Å². The van der Waals surface area contributed by atoms with E-state index in [4.69, 9.17) is 0 Å². The van der Waals surface area contributed by atoms with E-state index in [-0.39, 0.29) is 5.41 Å². The number of hydrogen-bond acceptors (Lipinski definition) is 3. The van der Waals surface area contributed by atoms with Crippen LogP contribution in [0.4, 0.5) is 5.95 Å². The van der Waals surface area contributed by atoms with Crippen LogP contribution in [0.25, 0.3) is 0 Å². The largest absolute Gasteiger partial charge is 0.317 e. The van der Waals surface area contributed by atoms with Gasteiger partial charge in [0.25, 0.3) is 11.7 Å². The highest BCUT2D eigenvalue weighted by Crippen LogP contribution is 2.22. The van der Waals surface area contributed by atoms with Gasteiger partial charge in [-0.3, -0.25) is 14.9 Å². The molecule has 2 aromatic rings. The molecule has 0 spiro atoms. The van der Waals surface area contributed by atoms with Crippen molar-refractivity contribution in [2.45, 2.75) is 46.6 Å². The van der Waals surface area contributed by atoms with E-state index in [2.05, 4.69) is 44.9 Å². The summed E-state index contributed by atoms with van der Waals surface area (Å²) in [4.78, 5) is 28.6. The van der Waals surface area contributed by atoms with Crippen molar-refractivity contribution in [2.75, 3.05) is 5.32 Å². The second kappa shape index (κ2) is 6.99. The fraction of sp³-hybridized carbons (Fsp3) is 0.421. The summed E-state index contributed by atoms with van der Waals surface area (Å²) in [6.07, 6.45) is 3.40. The number of nitrogens with zero attached hydrogens (tertiary/aromatic N) is 2. The van der Waals surface area contributed by atoms with Gasteiger partial charge in [0.2, 0.25) is 5.95 Å². The average Bonchev–Trinajstić information content (AvgIpc) is 2.92. The minimum absolute atomic E-state index is 0.00539. The van der Waals surface area contributed by atoms with Crippen molar-refractivity contribution in [3.05, 3.63) is 47.8 Å². The number of aromatic nitrogens is 2. The van der Waals surface area contributed by atoms with E-state index < -0.39 is 11.7 Å². The average molecular weight is 327 g/mol. The van der Waals surface area contributed by atoms with Crippen LogP contribution in [0.1, 0.15) is 50.5 Å². The maximum atomic E-state index is 12.3. The highest BCUT2D eigenvalue weighted by Gasteiger charge is 2.20. The number of hydrogen-bond donors (Lipinski definition) is 1. The van der Waals surface area contributed by atoms with Crippen LogP contribution in [-0.4, -0.2) is 21.2 Å². The third kappa shape index (κ3) is 4.31. The predicted molar refractivity (Wildman–Crippen MR) is 95.2 cm³/mol. The molecule has 0 saturated carbocycles. The Kier molecular flexibility index (Phi) is 5.22. The standard InChI is InChI=1S/C19H25N3O2/c1-13(2)12-22-11-10-20-18(22)21-17(24)16(23)14-6-8-15(9-7-14)19(3,4)5/h6-11,13H,12H2,1-5H3,(H,20,21,24). The first kappa shape index (κ1) is 17.9. The van der Waals surface area contributed by atoms with E-state index in [1.54, 1.807) is 24.5 Å². The number of carbonyl (C=O) groups excluding carboxylic acids is 2. The fourth-order valence-corrected chi connectivity index (χ4v) is 2.38. The van der Waals surface area contributed by atoms with Crippen molar-refractivity contribution in [1.29, 1.82) is 0 Å². The minimum Gasteiger partial charge on any atom is -0.317 e. The number of imidazole rings is 1. The predicted octanol–water partition coefficient (Wildman–Crippen LogP) is 3.66. The fourth-order valence-electron chi connectivity index (χ4n) is 2.38. The summed E-state index contributed by atoms with van der Waals surface area (Å²) in [5.74, 6) is -0.423. The molecule has 1 aromatic heterocycles. The van der Waals surface area contributed by atoms with Gasteiger partial charge < -0.3 is 4.57 Å². The van der Waals surface area contributed by atoms with Crippen molar-refractivity contribution < 1.29 is 9.59 Å². The molecule has 1 aromatic carbocycles. The Balaban J connectivity index is 2.10. The molecular weight excluding hydrogens is 302 g/mol. The summed E-state index contributed by atoms with van der Waals surface area (Å²) in [5.41, 5.74) is 1.50. The van der Waals surface area contributed by atoms with Crippen molar-refractivity contribution >= 4 is 17.6 Å². The number of ketones is 1. The molecular formula is C19H25N3O2. The Morgan fingerprint density at radius 1 is 1.17 bits per heavy atom. The van der Waals surface area contributed by atoms with Crippen LogP contribution < -0.4 is 5.32 Å². The zero-order chi connectivity index (χ0) is 17.9. The first-order valence-electron chi connectivity index (χ1n) is 8.16. The molecule has 1 heterocycles. The number of Topliss-reactive ketones (excluding diaryl/α,β-unsaturated/α-hetero) is 1. The summed E-state index contributed by atoms with van der Waals surface area (Å²) in [6.45, 7) is 11.2. The molecule has 128 valence electrons. The lowest BCUT2D eigenvalue weighted by atomic mass is 9.86. The Bertz CT molecular complexity index is 722. The first-order valence-corrected chi connectivity index (χ1v) is 8.16. The number of anilines is 1. The van der Waals surface area contributed by atoms with Gasteiger partial charge in [-0.2, -0.15) is 0 Å². The molecule has 0 aliphatic heterocycles. The third-order valence-electron chi connectivity index (χ3n) is 3.72. The molecule has 1 N–H and O–H groups in total. The minimum atomic E-state index is -0.672. The lowest BCUT2D eigenvalue weighted by molar-refractivity contribution is -0.112. The third-order valence-corrected chi connectivity index (χ3v) is 3.72. The van der Waals surface area contributed by atoms with Gasteiger partial charge in [0, 0.05) is 24.5 Å². The number of rotatable bonds is 5. The second-order valence-electron chi connectivity index (χ2n) is 7.41. The molecule has 0 bridgehead atoms. The highest BCUT2D eigenvalue weighted by molar-refractivity contribution is 6.46. The summed E-state index contributed by atoms with van der Waals surface area (Å²) in [7, 11) is 0. The van der Waals surface area contributed by atoms with Gasteiger partial charge in [0.15, 0.2) is 0 Å². The van der Waals surface area contributed by atoms with Gasteiger partial charge in [0.1, 0.15) is 0 Å². The van der Waals surface area contributed by atoms with Crippen molar-refractivity contribution in [3.8, 4) is 0 Å². The summed E-state index contributed by atoms with van der Waals surface area (Å²) >= 11 is 0. The lowest BCUT2D eigenvalue weighted by Crippen LogP contribution is -2.25. The smallest absolute Gasteiger partial charge is 0.299 e. The normalized spacial score (nSPS) is 11.6. The quantitative estimate of drug-likeness (QED) is 0.673. The molecule has 1 amide bonds. The molecule has 0 saturated heterocycles. The van der Waals surface area contributed by atoms with Crippen LogP contribution in [0.5, 0.6) is 0 Å². The Labute approximate surface area is 143 Å². The van der Waals surface area contributed by atoms with E-state index in [9.17, 15) is 9.59 Å². The molecule has 0 radical (unpaired) electrons. The zero-order valence-electron chi connectivity index (χ0n) is 15.0. The number of carbonyl (C=O) groups is 2. The molecule has 24 heavy (non-hydrogen) atoms. The van der Waals surface area contributed by atoms with Crippen molar-refractivity contribution in [3.63, 3.8) is 0 Å². The van der Waals surface area contributed by atoms with E-state index in [0.29, 0.717) is 17.4 Å². The van der Waals surface area contributed by atoms with Crippen LogP contribution in [-0.2, 0) is 16.8 Å². The monoisotopic (exact) mass is 327 g/mol. The molecule has 2 rings (SSSR count). The topological polar surface area (TPSA) is 64.0 Å². The van der Waals surface area contributed by atoms with E-state index >= 15 is 0 Å². The molecule has 0 fully saturated rings. The summed E-state index contributed by atoms with van der Waals surface area (Å²) in [5, 5.41) is 2.60. The second-order valence-corrected chi connectivity index (χ2v) is 7.41. The van der Waals surface area contributed by atoms with E-state index in [1.807, 2.05) is 16.7 Å². The van der Waals surface area contributed by atoms with Crippen LogP contribution in [0.3, 0.4) is 0 Å². The Morgan fingerprint density at radius 3 is 2.33 bits per heavy atom. The van der Waals surface area contributed by atoms with Gasteiger partial charge >= 0.3 is 0 Å². The molecule has 0 aliphatic rings. The SMILES string of the molecule is CC(C)Cn1ccnc1NC(=O)C(=O)c1ccc(C(C)(C)C)cc1. The molecule has 0 aliphatic carbocycles. The number of amides is 1. The maximum Gasteiger partial charge on any atom is 0.299 e. The van der Waals surface area contributed by atoms with Crippen LogP contribution >= 0.6 is 0 Å². The maximum absolute atomic E-state index is 12.3. The molecule has 0 atom stereocenters. The number of nitrogens with one attached hydrogen (secondary N) is 1. The Hall–Kier alpha value is -2.43. The molecule has 5 nitrogen and oxygen atoms in total. The Morgan fingerprint density at radius 2 is 1.79 bits per heavy atom.